The minimum absolute atomic E-state index is 0.214. The summed E-state index contributed by atoms with van der Waals surface area (Å²) in [5, 5.41) is 7.15. The fourth-order valence-electron chi connectivity index (χ4n) is 3.01. The zero-order valence-electron chi connectivity index (χ0n) is 17.0. The Kier molecular flexibility index (Phi) is 5.67. The first kappa shape index (κ1) is 20.1. The number of aromatic nitrogens is 4. The van der Waals surface area contributed by atoms with Gasteiger partial charge < -0.3 is 14.8 Å². The van der Waals surface area contributed by atoms with Crippen molar-refractivity contribution in [3.63, 3.8) is 0 Å². The maximum Gasteiger partial charge on any atom is 0.255 e. The molecule has 0 atom stereocenters. The van der Waals surface area contributed by atoms with Crippen molar-refractivity contribution < 1.29 is 14.3 Å². The molecule has 0 aliphatic heterocycles. The van der Waals surface area contributed by atoms with E-state index in [1.807, 2.05) is 19.9 Å². The Morgan fingerprint density at radius 2 is 1.76 bits per heavy atom. The van der Waals surface area contributed by atoms with E-state index in [-0.39, 0.29) is 18.0 Å². The Morgan fingerprint density at radius 3 is 2.38 bits per heavy atom. The van der Waals surface area contributed by atoms with Gasteiger partial charge in [0.2, 0.25) is 11.9 Å². The maximum absolute atomic E-state index is 12.6. The van der Waals surface area contributed by atoms with E-state index in [0.717, 1.165) is 11.4 Å². The number of amides is 1. The zero-order chi connectivity index (χ0) is 21.1. The fraction of sp³-hybridized carbons (Fsp3) is 0.300. The lowest BCUT2D eigenvalue weighted by atomic mass is 10.2. The van der Waals surface area contributed by atoms with Gasteiger partial charge in [-0.15, -0.1) is 0 Å². The van der Waals surface area contributed by atoms with E-state index in [4.69, 9.17) is 9.47 Å². The second kappa shape index (κ2) is 8.17. The van der Waals surface area contributed by atoms with E-state index in [9.17, 15) is 9.59 Å². The lowest BCUT2D eigenvalue weighted by Crippen LogP contribution is -2.32. The van der Waals surface area contributed by atoms with Gasteiger partial charge in [0.05, 0.1) is 19.9 Å². The van der Waals surface area contributed by atoms with Crippen LogP contribution in [0.3, 0.4) is 0 Å². The fourth-order valence-corrected chi connectivity index (χ4v) is 3.01. The van der Waals surface area contributed by atoms with Crippen LogP contribution in [0, 0.1) is 20.8 Å². The molecule has 152 valence electrons. The highest BCUT2D eigenvalue weighted by Gasteiger charge is 2.16. The first-order valence-corrected chi connectivity index (χ1v) is 8.96. The summed E-state index contributed by atoms with van der Waals surface area (Å²) in [5.41, 5.74) is 2.35. The summed E-state index contributed by atoms with van der Waals surface area (Å²) < 4.78 is 13.3. The highest BCUT2D eigenvalue weighted by molar-refractivity contribution is 5.91. The predicted octanol–water partition coefficient (Wildman–Crippen LogP) is 2.01. The van der Waals surface area contributed by atoms with E-state index in [1.54, 1.807) is 29.8 Å². The lowest BCUT2D eigenvalue weighted by Gasteiger charge is -2.14. The number of nitrogens with one attached hydrogen (secondary N) is 1. The number of anilines is 1. The molecule has 0 spiro atoms. The molecule has 2 heterocycles. The molecule has 0 saturated heterocycles. The summed E-state index contributed by atoms with van der Waals surface area (Å²) in [6, 6.07) is 8.29. The van der Waals surface area contributed by atoms with Crippen LogP contribution in [0.4, 0.5) is 5.69 Å². The van der Waals surface area contributed by atoms with Gasteiger partial charge in [0.1, 0.15) is 6.54 Å². The van der Waals surface area contributed by atoms with Crippen molar-refractivity contribution in [1.29, 1.82) is 0 Å². The number of carbonyl (C=O) groups is 1. The predicted molar refractivity (Wildman–Crippen MR) is 108 cm³/mol. The molecule has 29 heavy (non-hydrogen) atoms. The largest absolute Gasteiger partial charge is 0.493 e. The van der Waals surface area contributed by atoms with Gasteiger partial charge in [0.25, 0.3) is 5.56 Å². The van der Waals surface area contributed by atoms with Crippen LogP contribution in [0.5, 0.6) is 11.5 Å². The first-order valence-electron chi connectivity index (χ1n) is 8.96. The van der Waals surface area contributed by atoms with Crippen LogP contribution >= 0.6 is 0 Å². The third kappa shape index (κ3) is 4.29. The van der Waals surface area contributed by atoms with Crippen LogP contribution in [0.25, 0.3) is 5.95 Å². The van der Waals surface area contributed by atoms with Gasteiger partial charge in [-0.05, 0) is 39.0 Å². The number of aryl methyl sites for hydroxylation is 3. The normalized spacial score (nSPS) is 10.7. The summed E-state index contributed by atoms with van der Waals surface area (Å²) in [7, 11) is 3.05. The molecule has 3 aromatic rings. The minimum Gasteiger partial charge on any atom is -0.493 e. The van der Waals surface area contributed by atoms with Gasteiger partial charge in [-0.3, -0.25) is 14.2 Å². The summed E-state index contributed by atoms with van der Waals surface area (Å²) in [4.78, 5) is 29.7. The smallest absolute Gasteiger partial charge is 0.255 e. The molecule has 9 nitrogen and oxygen atoms in total. The van der Waals surface area contributed by atoms with E-state index in [2.05, 4.69) is 15.4 Å². The molecule has 1 aromatic carbocycles. The van der Waals surface area contributed by atoms with Crippen LogP contribution < -0.4 is 20.3 Å². The number of benzene rings is 1. The SMILES string of the molecule is COc1ccc(NC(=O)Cn2c(-n3nc(C)cc3C)nc(C)cc2=O)cc1OC. The second-order valence-electron chi connectivity index (χ2n) is 6.58. The molecular formula is C20H23N5O4. The topological polar surface area (TPSA) is 100 Å². The number of ether oxygens (including phenoxy) is 2. The molecule has 0 aliphatic carbocycles. The van der Waals surface area contributed by atoms with Crippen molar-refractivity contribution in [2.75, 3.05) is 19.5 Å². The molecular weight excluding hydrogens is 374 g/mol. The van der Waals surface area contributed by atoms with E-state index in [0.29, 0.717) is 28.8 Å². The summed E-state index contributed by atoms with van der Waals surface area (Å²) in [6.45, 7) is 5.23. The van der Waals surface area contributed by atoms with Crippen molar-refractivity contribution in [1.82, 2.24) is 19.3 Å². The molecule has 0 radical (unpaired) electrons. The Morgan fingerprint density at radius 1 is 1.03 bits per heavy atom. The Bertz CT molecular complexity index is 1120. The third-order valence-electron chi connectivity index (χ3n) is 4.28. The molecule has 1 amide bonds. The molecule has 0 bridgehead atoms. The zero-order valence-corrected chi connectivity index (χ0v) is 17.0. The van der Waals surface area contributed by atoms with Crippen molar-refractivity contribution in [3.8, 4) is 17.4 Å². The monoisotopic (exact) mass is 397 g/mol. The molecule has 1 N–H and O–H groups in total. The molecule has 3 rings (SSSR count). The van der Waals surface area contributed by atoms with E-state index < -0.39 is 0 Å². The number of methoxy groups -OCH3 is 2. The van der Waals surface area contributed by atoms with Gasteiger partial charge in [-0.25, -0.2) is 9.67 Å². The average molecular weight is 397 g/mol. The molecule has 2 aromatic heterocycles. The highest BCUT2D eigenvalue weighted by Crippen LogP contribution is 2.29. The quantitative estimate of drug-likeness (QED) is 0.683. The Labute approximate surface area is 167 Å². The Hall–Kier alpha value is -3.62. The molecule has 0 saturated carbocycles. The molecule has 0 fully saturated rings. The van der Waals surface area contributed by atoms with Gasteiger partial charge in [-0.1, -0.05) is 0 Å². The van der Waals surface area contributed by atoms with Crippen molar-refractivity contribution >= 4 is 11.6 Å². The van der Waals surface area contributed by atoms with Crippen LogP contribution in [-0.4, -0.2) is 39.5 Å². The van der Waals surface area contributed by atoms with E-state index >= 15 is 0 Å². The molecule has 0 aliphatic rings. The van der Waals surface area contributed by atoms with Crippen LogP contribution in [-0.2, 0) is 11.3 Å². The number of hydrogen-bond donors (Lipinski definition) is 1. The van der Waals surface area contributed by atoms with Gasteiger partial charge in [0.15, 0.2) is 11.5 Å². The van der Waals surface area contributed by atoms with Crippen LogP contribution in [0.2, 0.25) is 0 Å². The van der Waals surface area contributed by atoms with Gasteiger partial charge >= 0.3 is 0 Å². The standard InChI is InChI=1S/C20H23N5O4/c1-12-9-19(27)24(20(21-12)25-14(3)8-13(2)23-25)11-18(26)22-15-6-7-16(28-4)17(10-15)29-5/h6-10H,11H2,1-5H3,(H,22,26). The van der Waals surface area contributed by atoms with Crippen molar-refractivity contribution in [3.05, 3.63) is 57.8 Å². The number of hydrogen-bond acceptors (Lipinski definition) is 6. The van der Waals surface area contributed by atoms with Crippen molar-refractivity contribution in [2.45, 2.75) is 27.3 Å². The van der Waals surface area contributed by atoms with E-state index in [1.165, 1.54) is 24.9 Å². The number of carbonyl (C=O) groups excluding carboxylic acids is 1. The lowest BCUT2D eigenvalue weighted by molar-refractivity contribution is -0.116. The van der Waals surface area contributed by atoms with Gasteiger partial charge in [-0.2, -0.15) is 5.10 Å². The van der Waals surface area contributed by atoms with Crippen molar-refractivity contribution in [2.24, 2.45) is 0 Å². The van der Waals surface area contributed by atoms with Crippen LogP contribution in [0.1, 0.15) is 17.1 Å². The maximum atomic E-state index is 12.6. The molecule has 0 unspecified atom stereocenters. The first-order chi connectivity index (χ1) is 13.8. The summed E-state index contributed by atoms with van der Waals surface area (Å²) in [6.07, 6.45) is 0. The minimum atomic E-state index is -0.382. The molecule has 9 heteroatoms. The number of nitrogens with zero attached hydrogens (tertiary/aromatic N) is 4. The Balaban J connectivity index is 1.91. The third-order valence-corrected chi connectivity index (χ3v) is 4.28. The van der Waals surface area contributed by atoms with Crippen LogP contribution in [0.15, 0.2) is 35.1 Å². The summed E-state index contributed by atoms with van der Waals surface area (Å²) >= 11 is 0. The summed E-state index contributed by atoms with van der Waals surface area (Å²) in [5.74, 6) is 0.954. The number of rotatable bonds is 6. The highest BCUT2D eigenvalue weighted by atomic mass is 16.5. The average Bonchev–Trinajstić information content (AvgIpc) is 3.01. The van der Waals surface area contributed by atoms with Gasteiger partial charge in [0, 0.05) is 29.2 Å². The second-order valence-corrected chi connectivity index (χ2v) is 6.58.